The highest BCUT2D eigenvalue weighted by Crippen LogP contribution is 2.22. The minimum atomic E-state index is -3.94. The van der Waals surface area contributed by atoms with Crippen molar-refractivity contribution in [3.63, 3.8) is 0 Å². The molecule has 4 aromatic rings. The fourth-order valence-electron chi connectivity index (χ4n) is 3.30. The van der Waals surface area contributed by atoms with Gasteiger partial charge in [0, 0.05) is 13.1 Å². The summed E-state index contributed by atoms with van der Waals surface area (Å²) in [4.78, 5) is 13.1. The lowest BCUT2D eigenvalue weighted by Gasteiger charge is -2.22. The summed E-state index contributed by atoms with van der Waals surface area (Å²) in [5.74, 6) is -0.410. The molecule has 0 amide bonds. The van der Waals surface area contributed by atoms with E-state index < -0.39 is 15.8 Å². The second kappa shape index (κ2) is 8.45. The highest BCUT2D eigenvalue weighted by molar-refractivity contribution is 7.89. The first-order valence-corrected chi connectivity index (χ1v) is 11.1. The average molecular weight is 437 g/mol. The molecular formula is C24H20FNO4S. The van der Waals surface area contributed by atoms with Gasteiger partial charge in [-0.25, -0.2) is 12.8 Å². The van der Waals surface area contributed by atoms with Crippen LogP contribution in [0.2, 0.25) is 0 Å². The number of hydrogen-bond donors (Lipinski definition) is 0. The van der Waals surface area contributed by atoms with E-state index in [1.165, 1.54) is 47.0 Å². The van der Waals surface area contributed by atoms with Crippen molar-refractivity contribution in [3.8, 4) is 0 Å². The van der Waals surface area contributed by atoms with Crippen LogP contribution in [0.15, 0.2) is 93.2 Å². The molecule has 4 rings (SSSR count). The molecule has 0 N–H and O–H groups in total. The van der Waals surface area contributed by atoms with E-state index in [1.54, 1.807) is 36.4 Å². The summed E-state index contributed by atoms with van der Waals surface area (Å²) in [5, 5.41) is 0.384. The van der Waals surface area contributed by atoms with Crippen molar-refractivity contribution in [2.45, 2.75) is 24.9 Å². The molecule has 5 nitrogen and oxygen atoms in total. The van der Waals surface area contributed by atoms with E-state index in [0.29, 0.717) is 16.5 Å². The third-order valence-electron chi connectivity index (χ3n) is 5.03. The predicted molar refractivity (Wildman–Crippen MR) is 116 cm³/mol. The van der Waals surface area contributed by atoms with Gasteiger partial charge in [-0.05, 0) is 48.9 Å². The van der Waals surface area contributed by atoms with Crippen LogP contribution < -0.4 is 5.43 Å². The van der Waals surface area contributed by atoms with E-state index in [1.807, 2.05) is 6.92 Å². The molecule has 0 aliphatic rings. The lowest BCUT2D eigenvalue weighted by molar-refractivity contribution is 0.396. The molecule has 0 radical (unpaired) electrons. The normalized spacial score (nSPS) is 11.8. The Morgan fingerprint density at radius 1 is 0.903 bits per heavy atom. The summed E-state index contributed by atoms with van der Waals surface area (Å²) >= 11 is 0. The van der Waals surface area contributed by atoms with Gasteiger partial charge in [-0.15, -0.1) is 0 Å². The van der Waals surface area contributed by atoms with Gasteiger partial charge in [-0.3, -0.25) is 4.79 Å². The molecule has 0 saturated carbocycles. The minimum Gasteiger partial charge on any atom is -0.464 e. The summed E-state index contributed by atoms with van der Waals surface area (Å²) in [5.41, 5.74) is 1.89. The maximum absolute atomic E-state index is 13.4. The topological polar surface area (TPSA) is 67.6 Å². The lowest BCUT2D eigenvalue weighted by Crippen LogP contribution is -2.32. The van der Waals surface area contributed by atoms with Crippen LogP contribution in [0.4, 0.5) is 4.39 Å². The quantitative estimate of drug-likeness (QED) is 0.441. The Kier molecular flexibility index (Phi) is 5.71. The number of sulfonamides is 1. The van der Waals surface area contributed by atoms with Crippen LogP contribution in [-0.4, -0.2) is 12.7 Å². The maximum atomic E-state index is 13.4. The number of hydrogen-bond acceptors (Lipinski definition) is 4. The number of aryl methyl sites for hydroxylation is 1. The Balaban J connectivity index is 1.76. The fourth-order valence-corrected chi connectivity index (χ4v) is 4.70. The van der Waals surface area contributed by atoms with Gasteiger partial charge >= 0.3 is 0 Å². The molecule has 0 spiro atoms. The van der Waals surface area contributed by atoms with Crippen molar-refractivity contribution < 1.29 is 17.2 Å². The smallest absolute Gasteiger partial charge is 0.243 e. The average Bonchev–Trinajstić information content (AvgIpc) is 2.77. The van der Waals surface area contributed by atoms with Gasteiger partial charge in [-0.1, -0.05) is 42.0 Å². The van der Waals surface area contributed by atoms with Crippen LogP contribution in [0.3, 0.4) is 0 Å². The van der Waals surface area contributed by atoms with Gasteiger partial charge in [0.05, 0.1) is 22.1 Å². The second-order valence-corrected chi connectivity index (χ2v) is 9.24. The Morgan fingerprint density at radius 3 is 2.29 bits per heavy atom. The third-order valence-corrected chi connectivity index (χ3v) is 6.84. The Hall–Kier alpha value is -3.29. The van der Waals surface area contributed by atoms with Crippen LogP contribution in [-0.2, 0) is 23.1 Å². The summed E-state index contributed by atoms with van der Waals surface area (Å²) in [6, 6.07) is 18.9. The molecule has 0 aliphatic heterocycles. The van der Waals surface area contributed by atoms with Crippen molar-refractivity contribution in [3.05, 3.63) is 112 Å². The highest BCUT2D eigenvalue weighted by atomic mass is 32.2. The van der Waals surface area contributed by atoms with Gasteiger partial charge in [0.1, 0.15) is 11.4 Å². The van der Waals surface area contributed by atoms with Crippen molar-refractivity contribution >= 4 is 21.0 Å². The number of benzene rings is 3. The summed E-state index contributed by atoms with van der Waals surface area (Å²) in [6.07, 6.45) is 1.30. The van der Waals surface area contributed by atoms with Crippen molar-refractivity contribution in [1.29, 1.82) is 0 Å². The molecule has 0 saturated heterocycles. The molecule has 1 aromatic heterocycles. The van der Waals surface area contributed by atoms with Crippen LogP contribution in [0.5, 0.6) is 0 Å². The summed E-state index contributed by atoms with van der Waals surface area (Å²) in [7, 11) is -3.94. The standard InChI is InChI=1S/C24H20FNO4S/c1-17-6-12-21(13-7-17)31(28,29)26(14-18-8-10-20(25)11-9-18)15-19-16-30-23-5-3-2-4-22(23)24(19)27/h2-13,16H,14-15H2,1H3. The molecule has 31 heavy (non-hydrogen) atoms. The minimum absolute atomic E-state index is 0.0250. The number of rotatable bonds is 6. The van der Waals surface area contributed by atoms with Crippen LogP contribution in [0.25, 0.3) is 11.0 Å². The van der Waals surface area contributed by atoms with E-state index in [0.717, 1.165) is 5.56 Å². The van der Waals surface area contributed by atoms with Crippen molar-refractivity contribution in [2.24, 2.45) is 0 Å². The molecule has 1 heterocycles. The number of para-hydroxylation sites is 1. The Labute approximate surface area is 179 Å². The van der Waals surface area contributed by atoms with Gasteiger partial charge in [0.15, 0.2) is 5.43 Å². The van der Waals surface area contributed by atoms with Crippen LogP contribution >= 0.6 is 0 Å². The Morgan fingerprint density at radius 2 is 1.58 bits per heavy atom. The van der Waals surface area contributed by atoms with Gasteiger partial charge in [0.25, 0.3) is 0 Å². The SMILES string of the molecule is Cc1ccc(S(=O)(=O)N(Cc2ccc(F)cc2)Cc2coc3ccccc3c2=O)cc1. The van der Waals surface area contributed by atoms with E-state index in [2.05, 4.69) is 0 Å². The molecule has 3 aromatic carbocycles. The first-order valence-electron chi connectivity index (χ1n) is 9.65. The van der Waals surface area contributed by atoms with E-state index in [-0.39, 0.29) is 29.0 Å². The Bertz CT molecular complexity index is 1380. The summed E-state index contributed by atoms with van der Waals surface area (Å²) in [6.45, 7) is 1.66. The zero-order valence-corrected chi connectivity index (χ0v) is 17.6. The van der Waals surface area contributed by atoms with E-state index in [4.69, 9.17) is 4.42 Å². The zero-order valence-electron chi connectivity index (χ0n) is 16.8. The third kappa shape index (κ3) is 4.42. The molecule has 7 heteroatoms. The molecule has 0 bridgehead atoms. The second-order valence-electron chi connectivity index (χ2n) is 7.30. The van der Waals surface area contributed by atoms with Gasteiger partial charge < -0.3 is 4.42 Å². The summed E-state index contributed by atoms with van der Waals surface area (Å²) < 4.78 is 46.9. The molecule has 158 valence electrons. The number of nitrogens with zero attached hydrogens (tertiary/aromatic N) is 1. The van der Waals surface area contributed by atoms with E-state index in [9.17, 15) is 17.6 Å². The molecule has 0 unspecified atom stereocenters. The molecular weight excluding hydrogens is 417 g/mol. The van der Waals surface area contributed by atoms with Gasteiger partial charge in [0.2, 0.25) is 10.0 Å². The molecule has 0 fully saturated rings. The van der Waals surface area contributed by atoms with Crippen molar-refractivity contribution in [1.82, 2.24) is 4.31 Å². The first kappa shape index (κ1) is 21.0. The fraction of sp³-hybridized carbons (Fsp3) is 0.125. The monoisotopic (exact) mass is 437 g/mol. The van der Waals surface area contributed by atoms with Crippen LogP contribution in [0, 0.1) is 12.7 Å². The van der Waals surface area contributed by atoms with Gasteiger partial charge in [-0.2, -0.15) is 4.31 Å². The number of fused-ring (bicyclic) bond motifs is 1. The maximum Gasteiger partial charge on any atom is 0.243 e. The predicted octanol–water partition coefficient (Wildman–Crippen LogP) is 4.63. The van der Waals surface area contributed by atoms with E-state index >= 15 is 0 Å². The molecule has 0 atom stereocenters. The van der Waals surface area contributed by atoms with Crippen molar-refractivity contribution in [2.75, 3.05) is 0 Å². The largest absolute Gasteiger partial charge is 0.464 e. The zero-order chi connectivity index (χ0) is 22.0. The highest BCUT2D eigenvalue weighted by Gasteiger charge is 2.26. The van der Waals surface area contributed by atoms with Crippen LogP contribution in [0.1, 0.15) is 16.7 Å². The lowest BCUT2D eigenvalue weighted by atomic mass is 10.1. The first-order chi connectivity index (χ1) is 14.8. The molecule has 0 aliphatic carbocycles. The number of halogens is 1.